The molecule has 0 aromatic heterocycles. The van der Waals surface area contributed by atoms with Crippen LogP contribution in [0.5, 0.6) is 5.75 Å². The average Bonchev–Trinajstić information content (AvgIpc) is 2.67. The van der Waals surface area contributed by atoms with Gasteiger partial charge in [-0.15, -0.1) is 11.8 Å². The number of halogens is 1. The van der Waals surface area contributed by atoms with Crippen LogP contribution in [0.1, 0.15) is 24.0 Å². The van der Waals surface area contributed by atoms with Crippen LogP contribution >= 0.6 is 11.8 Å². The molecule has 0 atom stereocenters. The second-order valence-corrected chi connectivity index (χ2v) is 7.00. The van der Waals surface area contributed by atoms with E-state index < -0.39 is 5.60 Å². The van der Waals surface area contributed by atoms with Crippen molar-refractivity contribution >= 4 is 11.8 Å². The lowest BCUT2D eigenvalue weighted by Gasteiger charge is -2.36. The zero-order valence-corrected chi connectivity index (χ0v) is 15.4. The predicted molar refractivity (Wildman–Crippen MR) is 97.7 cm³/mol. The molecule has 1 aliphatic heterocycles. The fraction of sp³-hybridized carbons (Fsp3) is 0.400. The highest BCUT2D eigenvalue weighted by Gasteiger charge is 2.35. The second kappa shape index (κ2) is 8.21. The number of ether oxygens (including phenoxy) is 3. The summed E-state index contributed by atoms with van der Waals surface area (Å²) in [6, 6.07) is 13.0. The van der Waals surface area contributed by atoms with Crippen molar-refractivity contribution in [1.82, 2.24) is 0 Å². The van der Waals surface area contributed by atoms with Gasteiger partial charge in [-0.3, -0.25) is 0 Å². The Kier molecular flexibility index (Phi) is 5.99. The van der Waals surface area contributed by atoms with E-state index in [0.29, 0.717) is 38.4 Å². The maximum Gasteiger partial charge on any atom is 0.127 e. The number of rotatable bonds is 6. The summed E-state index contributed by atoms with van der Waals surface area (Å²) >= 11 is 1.70. The molecule has 1 saturated heterocycles. The molecular formula is C20H23FO3S. The van der Waals surface area contributed by atoms with E-state index in [9.17, 15) is 4.39 Å². The molecular weight excluding hydrogens is 339 g/mol. The average molecular weight is 362 g/mol. The molecule has 1 fully saturated rings. The monoisotopic (exact) mass is 362 g/mol. The van der Waals surface area contributed by atoms with E-state index >= 15 is 0 Å². The van der Waals surface area contributed by atoms with E-state index in [4.69, 9.17) is 14.2 Å². The van der Waals surface area contributed by atoms with Crippen LogP contribution in [-0.2, 0) is 21.7 Å². The maximum absolute atomic E-state index is 14.1. The summed E-state index contributed by atoms with van der Waals surface area (Å²) < 4.78 is 31.2. The molecule has 2 aromatic rings. The van der Waals surface area contributed by atoms with Crippen LogP contribution in [0.2, 0.25) is 0 Å². The molecule has 0 bridgehead atoms. The minimum atomic E-state index is -0.502. The van der Waals surface area contributed by atoms with Crippen LogP contribution in [0.3, 0.4) is 0 Å². The van der Waals surface area contributed by atoms with Crippen LogP contribution in [0, 0.1) is 5.82 Å². The third kappa shape index (κ3) is 4.35. The van der Waals surface area contributed by atoms with Gasteiger partial charge < -0.3 is 14.2 Å². The van der Waals surface area contributed by atoms with Gasteiger partial charge in [0, 0.05) is 44.1 Å². The lowest BCUT2D eigenvalue weighted by Crippen LogP contribution is -2.35. The quantitative estimate of drug-likeness (QED) is 0.691. The van der Waals surface area contributed by atoms with E-state index in [-0.39, 0.29) is 5.82 Å². The lowest BCUT2D eigenvalue weighted by atomic mass is 9.86. The van der Waals surface area contributed by atoms with Crippen molar-refractivity contribution in [3.05, 3.63) is 59.4 Å². The molecule has 0 saturated carbocycles. The zero-order valence-electron chi connectivity index (χ0n) is 14.6. The van der Waals surface area contributed by atoms with Crippen LogP contribution in [0.25, 0.3) is 0 Å². The Morgan fingerprint density at radius 2 is 1.84 bits per heavy atom. The Morgan fingerprint density at radius 1 is 1.12 bits per heavy atom. The fourth-order valence-electron chi connectivity index (χ4n) is 3.11. The topological polar surface area (TPSA) is 27.7 Å². The number of hydrogen-bond donors (Lipinski definition) is 0. The predicted octanol–water partition coefficient (Wildman–Crippen LogP) is 4.78. The molecule has 25 heavy (non-hydrogen) atoms. The third-order valence-electron chi connectivity index (χ3n) is 4.65. The lowest BCUT2D eigenvalue weighted by molar-refractivity contribution is -0.0950. The zero-order chi connectivity index (χ0) is 17.7. The number of methoxy groups -OCH3 is 1. The van der Waals surface area contributed by atoms with Crippen molar-refractivity contribution in [2.45, 2.75) is 29.9 Å². The summed E-state index contributed by atoms with van der Waals surface area (Å²) in [5.41, 5.74) is 1.36. The van der Waals surface area contributed by atoms with Crippen molar-refractivity contribution in [3.63, 3.8) is 0 Å². The number of hydrogen-bond acceptors (Lipinski definition) is 4. The molecule has 0 unspecified atom stereocenters. The van der Waals surface area contributed by atoms with Crippen molar-refractivity contribution < 1.29 is 18.6 Å². The van der Waals surface area contributed by atoms with E-state index in [1.54, 1.807) is 18.9 Å². The maximum atomic E-state index is 14.1. The van der Waals surface area contributed by atoms with Gasteiger partial charge in [0.05, 0.1) is 5.60 Å². The van der Waals surface area contributed by atoms with Gasteiger partial charge in [0.2, 0.25) is 0 Å². The summed E-state index contributed by atoms with van der Waals surface area (Å²) in [6.07, 6.45) is 3.47. The fourth-order valence-corrected chi connectivity index (χ4v) is 3.52. The highest BCUT2D eigenvalue weighted by atomic mass is 32.2. The first-order valence-corrected chi connectivity index (χ1v) is 9.57. The SMILES string of the molecule is COC1(c2cc(F)cc(OCc3ccc(SC)cc3)c2)CCOCC1. The Balaban J connectivity index is 1.76. The molecule has 5 heteroatoms. The largest absolute Gasteiger partial charge is 0.489 e. The molecule has 2 aromatic carbocycles. The molecule has 0 radical (unpaired) electrons. The van der Waals surface area contributed by atoms with Gasteiger partial charge in [-0.2, -0.15) is 0 Å². The first-order valence-electron chi connectivity index (χ1n) is 8.35. The van der Waals surface area contributed by atoms with Crippen LogP contribution in [0.15, 0.2) is 47.4 Å². The molecule has 3 nitrogen and oxygen atoms in total. The number of benzene rings is 2. The Hall–Kier alpha value is -1.56. The molecule has 134 valence electrons. The van der Waals surface area contributed by atoms with Crippen molar-refractivity contribution in [2.24, 2.45) is 0 Å². The summed E-state index contributed by atoms with van der Waals surface area (Å²) in [5.74, 6) is 0.208. The number of thioether (sulfide) groups is 1. The normalized spacial score (nSPS) is 16.6. The van der Waals surface area contributed by atoms with Gasteiger partial charge in [0.1, 0.15) is 18.2 Å². The highest BCUT2D eigenvalue weighted by molar-refractivity contribution is 7.98. The first-order chi connectivity index (χ1) is 12.1. The van der Waals surface area contributed by atoms with Crippen LogP contribution < -0.4 is 4.74 Å². The van der Waals surface area contributed by atoms with Gasteiger partial charge in [-0.05, 0) is 41.6 Å². The molecule has 0 spiro atoms. The molecule has 0 aliphatic carbocycles. The highest BCUT2D eigenvalue weighted by Crippen LogP contribution is 2.37. The second-order valence-electron chi connectivity index (χ2n) is 6.12. The third-order valence-corrected chi connectivity index (χ3v) is 5.40. The van der Waals surface area contributed by atoms with Crippen molar-refractivity contribution in [3.8, 4) is 5.75 Å². The standard InChI is InChI=1S/C20H23FO3S/c1-22-20(7-9-23-10-8-20)16-11-17(21)13-18(12-16)24-14-15-3-5-19(25-2)6-4-15/h3-6,11-13H,7-10,14H2,1-2H3. The Labute approximate surface area is 152 Å². The summed E-state index contributed by atoms with van der Waals surface area (Å²) in [5, 5.41) is 0. The van der Waals surface area contributed by atoms with Gasteiger partial charge in [-0.1, -0.05) is 12.1 Å². The first kappa shape index (κ1) is 18.2. The Morgan fingerprint density at radius 3 is 2.48 bits per heavy atom. The van der Waals surface area contributed by atoms with E-state index in [1.165, 1.54) is 17.0 Å². The van der Waals surface area contributed by atoms with Crippen molar-refractivity contribution in [1.29, 1.82) is 0 Å². The van der Waals surface area contributed by atoms with E-state index in [0.717, 1.165) is 11.1 Å². The van der Waals surface area contributed by atoms with Gasteiger partial charge in [0.25, 0.3) is 0 Å². The van der Waals surface area contributed by atoms with Gasteiger partial charge in [-0.25, -0.2) is 4.39 Å². The minimum absolute atomic E-state index is 0.312. The smallest absolute Gasteiger partial charge is 0.127 e. The molecule has 0 amide bonds. The summed E-state index contributed by atoms with van der Waals surface area (Å²) in [6.45, 7) is 1.63. The van der Waals surface area contributed by atoms with Crippen molar-refractivity contribution in [2.75, 3.05) is 26.6 Å². The molecule has 1 heterocycles. The summed E-state index contributed by atoms with van der Waals surface area (Å²) in [4.78, 5) is 1.21. The van der Waals surface area contributed by atoms with Gasteiger partial charge in [0.15, 0.2) is 0 Å². The van der Waals surface area contributed by atoms with Crippen LogP contribution in [0.4, 0.5) is 4.39 Å². The van der Waals surface area contributed by atoms with E-state index in [2.05, 4.69) is 12.1 Å². The minimum Gasteiger partial charge on any atom is -0.489 e. The van der Waals surface area contributed by atoms with Gasteiger partial charge >= 0.3 is 0 Å². The Bertz CT molecular complexity index is 697. The summed E-state index contributed by atoms with van der Waals surface area (Å²) in [7, 11) is 1.67. The van der Waals surface area contributed by atoms with E-state index in [1.807, 2.05) is 24.5 Å². The molecule has 3 rings (SSSR count). The molecule has 1 aliphatic rings. The van der Waals surface area contributed by atoms with Crippen LogP contribution in [-0.4, -0.2) is 26.6 Å². The molecule has 0 N–H and O–H groups in total.